The molecule has 0 saturated heterocycles. The first-order valence-corrected chi connectivity index (χ1v) is 6.22. The van der Waals surface area contributed by atoms with E-state index in [-0.39, 0.29) is 11.3 Å². The van der Waals surface area contributed by atoms with Crippen molar-refractivity contribution in [2.75, 3.05) is 6.54 Å². The van der Waals surface area contributed by atoms with Crippen molar-refractivity contribution in [2.45, 2.75) is 13.0 Å². The third-order valence-electron chi connectivity index (χ3n) is 3.32. The Morgan fingerprint density at radius 2 is 2.05 bits per heavy atom. The first kappa shape index (κ1) is 12.0. The number of carbonyl (C=O) groups excluding carboxylic acids is 1. The molecule has 96 valence electrons. The van der Waals surface area contributed by atoms with E-state index >= 15 is 0 Å². The maximum absolute atomic E-state index is 13.1. The molecule has 1 aromatic heterocycles. The molecule has 2 heterocycles. The minimum atomic E-state index is -0.495. The van der Waals surface area contributed by atoms with Gasteiger partial charge in [0.15, 0.2) is 5.78 Å². The average molecular weight is 256 g/mol. The lowest BCUT2D eigenvalue weighted by Gasteiger charge is -2.17. The van der Waals surface area contributed by atoms with Gasteiger partial charge in [-0.15, -0.1) is 0 Å². The van der Waals surface area contributed by atoms with E-state index in [2.05, 4.69) is 10.3 Å². The van der Waals surface area contributed by atoms with Crippen LogP contribution in [0, 0.1) is 5.82 Å². The van der Waals surface area contributed by atoms with Crippen LogP contribution in [-0.2, 0) is 13.0 Å². The Morgan fingerprint density at radius 1 is 1.16 bits per heavy atom. The molecule has 0 bridgehead atoms. The van der Waals surface area contributed by atoms with E-state index in [0.717, 1.165) is 31.3 Å². The second-order valence-corrected chi connectivity index (χ2v) is 4.63. The van der Waals surface area contributed by atoms with Gasteiger partial charge in [-0.2, -0.15) is 0 Å². The molecule has 3 rings (SSSR count). The van der Waals surface area contributed by atoms with Crippen LogP contribution in [-0.4, -0.2) is 17.3 Å². The molecule has 1 aromatic carbocycles. The quantitative estimate of drug-likeness (QED) is 0.837. The van der Waals surface area contributed by atoms with E-state index < -0.39 is 5.82 Å². The summed E-state index contributed by atoms with van der Waals surface area (Å²) in [5.41, 5.74) is 3.27. The summed E-state index contributed by atoms with van der Waals surface area (Å²) >= 11 is 0. The normalized spacial score (nSPS) is 13.9. The standard InChI is InChI=1S/C15H13FN2O/c16-14-6-13(8-18-9-14)15(19)11-2-1-10-3-4-17-7-12(10)5-11/h1-2,5-6,8-9,17H,3-4,7H2. The Bertz CT molecular complexity index is 640. The maximum Gasteiger partial charge on any atom is 0.194 e. The van der Waals surface area contributed by atoms with Crippen molar-refractivity contribution < 1.29 is 9.18 Å². The van der Waals surface area contributed by atoms with E-state index in [1.165, 1.54) is 17.8 Å². The third kappa shape index (κ3) is 2.39. The van der Waals surface area contributed by atoms with Crippen molar-refractivity contribution in [1.29, 1.82) is 0 Å². The van der Waals surface area contributed by atoms with Gasteiger partial charge in [-0.1, -0.05) is 12.1 Å². The van der Waals surface area contributed by atoms with Crippen molar-refractivity contribution in [3.63, 3.8) is 0 Å². The molecule has 1 N–H and O–H groups in total. The van der Waals surface area contributed by atoms with E-state index in [1.54, 1.807) is 6.07 Å². The minimum Gasteiger partial charge on any atom is -0.312 e. The molecule has 0 atom stereocenters. The van der Waals surface area contributed by atoms with Gasteiger partial charge in [-0.3, -0.25) is 9.78 Å². The zero-order chi connectivity index (χ0) is 13.2. The molecule has 3 nitrogen and oxygen atoms in total. The van der Waals surface area contributed by atoms with Crippen LogP contribution in [0.5, 0.6) is 0 Å². The Labute approximate surface area is 110 Å². The third-order valence-corrected chi connectivity index (χ3v) is 3.32. The number of ketones is 1. The first-order chi connectivity index (χ1) is 9.24. The number of fused-ring (bicyclic) bond motifs is 1. The van der Waals surface area contributed by atoms with Crippen molar-refractivity contribution in [3.05, 3.63) is 64.7 Å². The number of hydrogen-bond acceptors (Lipinski definition) is 3. The highest BCUT2D eigenvalue weighted by Gasteiger charge is 2.14. The van der Waals surface area contributed by atoms with Crippen LogP contribution in [0.1, 0.15) is 27.0 Å². The Kier molecular flexibility index (Phi) is 3.09. The number of rotatable bonds is 2. The number of hydrogen-bond donors (Lipinski definition) is 1. The molecular weight excluding hydrogens is 243 g/mol. The molecule has 0 spiro atoms. The second kappa shape index (κ2) is 4.90. The summed E-state index contributed by atoms with van der Waals surface area (Å²) in [4.78, 5) is 16.0. The molecule has 0 amide bonds. The average Bonchev–Trinajstić information content (AvgIpc) is 2.46. The Morgan fingerprint density at radius 3 is 2.89 bits per heavy atom. The largest absolute Gasteiger partial charge is 0.312 e. The molecule has 4 heteroatoms. The minimum absolute atomic E-state index is 0.194. The van der Waals surface area contributed by atoms with Crippen LogP contribution in [0.2, 0.25) is 0 Å². The van der Waals surface area contributed by atoms with Crippen LogP contribution in [0.4, 0.5) is 4.39 Å². The molecule has 1 aliphatic rings. The van der Waals surface area contributed by atoms with Gasteiger partial charge in [-0.25, -0.2) is 4.39 Å². The fourth-order valence-corrected chi connectivity index (χ4v) is 2.32. The molecule has 1 aliphatic heterocycles. The zero-order valence-electron chi connectivity index (χ0n) is 10.3. The summed E-state index contributed by atoms with van der Waals surface area (Å²) in [6.07, 6.45) is 3.46. The lowest BCUT2D eigenvalue weighted by molar-refractivity contribution is 0.103. The topological polar surface area (TPSA) is 42.0 Å². The van der Waals surface area contributed by atoms with Gasteiger partial charge in [-0.05, 0) is 36.2 Å². The molecule has 0 unspecified atom stereocenters. The number of carbonyl (C=O) groups is 1. The summed E-state index contributed by atoms with van der Waals surface area (Å²) in [7, 11) is 0. The second-order valence-electron chi connectivity index (χ2n) is 4.63. The predicted octanol–water partition coefficient (Wildman–Crippen LogP) is 2.10. The highest BCUT2D eigenvalue weighted by molar-refractivity contribution is 6.08. The van der Waals surface area contributed by atoms with Gasteiger partial charge in [0.05, 0.1) is 6.20 Å². The van der Waals surface area contributed by atoms with Gasteiger partial charge < -0.3 is 5.32 Å². The lowest BCUT2D eigenvalue weighted by Crippen LogP contribution is -2.23. The number of benzene rings is 1. The monoisotopic (exact) mass is 256 g/mol. The number of nitrogens with zero attached hydrogens (tertiary/aromatic N) is 1. The molecular formula is C15H13FN2O. The molecule has 0 aliphatic carbocycles. The number of aromatic nitrogens is 1. The summed E-state index contributed by atoms with van der Waals surface area (Å²) < 4.78 is 13.1. The van der Waals surface area contributed by atoms with E-state index in [9.17, 15) is 9.18 Å². The fraction of sp³-hybridized carbons (Fsp3) is 0.200. The first-order valence-electron chi connectivity index (χ1n) is 6.22. The van der Waals surface area contributed by atoms with E-state index in [0.29, 0.717) is 5.56 Å². The van der Waals surface area contributed by atoms with Crippen molar-refractivity contribution in [1.82, 2.24) is 10.3 Å². The number of halogens is 1. The van der Waals surface area contributed by atoms with Gasteiger partial charge in [0.2, 0.25) is 0 Å². The van der Waals surface area contributed by atoms with Crippen molar-refractivity contribution in [3.8, 4) is 0 Å². The van der Waals surface area contributed by atoms with Crippen LogP contribution in [0.25, 0.3) is 0 Å². The van der Waals surface area contributed by atoms with Crippen LogP contribution in [0.3, 0.4) is 0 Å². The van der Waals surface area contributed by atoms with Gasteiger partial charge >= 0.3 is 0 Å². The number of nitrogens with one attached hydrogen (secondary N) is 1. The highest BCUT2D eigenvalue weighted by atomic mass is 19.1. The molecule has 0 radical (unpaired) electrons. The van der Waals surface area contributed by atoms with Crippen molar-refractivity contribution in [2.24, 2.45) is 0 Å². The predicted molar refractivity (Wildman–Crippen MR) is 69.5 cm³/mol. The van der Waals surface area contributed by atoms with Gasteiger partial charge in [0, 0.05) is 23.9 Å². The zero-order valence-corrected chi connectivity index (χ0v) is 10.3. The highest BCUT2D eigenvalue weighted by Crippen LogP contribution is 2.18. The fourth-order valence-electron chi connectivity index (χ4n) is 2.32. The SMILES string of the molecule is O=C(c1cncc(F)c1)c1ccc2c(c1)CNCC2. The summed E-state index contributed by atoms with van der Waals surface area (Å²) in [5, 5.41) is 3.27. The van der Waals surface area contributed by atoms with E-state index in [1.807, 2.05) is 12.1 Å². The summed E-state index contributed by atoms with van der Waals surface area (Å²) in [6, 6.07) is 6.88. The number of pyridine rings is 1. The van der Waals surface area contributed by atoms with Crippen LogP contribution in [0.15, 0.2) is 36.7 Å². The Hall–Kier alpha value is -2.07. The molecule has 19 heavy (non-hydrogen) atoms. The van der Waals surface area contributed by atoms with Crippen molar-refractivity contribution >= 4 is 5.78 Å². The molecule has 0 saturated carbocycles. The molecule has 0 fully saturated rings. The maximum atomic E-state index is 13.1. The van der Waals surface area contributed by atoms with E-state index in [4.69, 9.17) is 0 Å². The van der Waals surface area contributed by atoms with Crippen LogP contribution >= 0.6 is 0 Å². The van der Waals surface area contributed by atoms with Crippen LogP contribution < -0.4 is 5.32 Å². The Balaban J connectivity index is 1.96. The van der Waals surface area contributed by atoms with Gasteiger partial charge in [0.25, 0.3) is 0 Å². The van der Waals surface area contributed by atoms with Gasteiger partial charge in [0.1, 0.15) is 5.82 Å². The molecule has 2 aromatic rings. The summed E-state index contributed by atoms with van der Waals surface area (Å²) in [5.74, 6) is -0.689. The lowest BCUT2D eigenvalue weighted by atomic mass is 9.95. The summed E-state index contributed by atoms with van der Waals surface area (Å²) in [6.45, 7) is 1.74. The smallest absolute Gasteiger partial charge is 0.194 e.